The van der Waals surface area contributed by atoms with Crippen LogP contribution in [0.1, 0.15) is 47.6 Å². The molecule has 0 aliphatic rings. The molecule has 1 N–H and O–H groups in total. The molecule has 134 valence electrons. The van der Waals surface area contributed by atoms with Gasteiger partial charge >= 0.3 is 5.97 Å². The number of hydrogen-bond acceptors (Lipinski definition) is 4. The van der Waals surface area contributed by atoms with Crippen molar-refractivity contribution < 1.29 is 14.7 Å². The van der Waals surface area contributed by atoms with Gasteiger partial charge in [-0.3, -0.25) is 14.6 Å². The Bertz CT molecular complexity index is 1000. The highest BCUT2D eigenvalue weighted by Crippen LogP contribution is 2.32. The lowest BCUT2D eigenvalue weighted by Gasteiger charge is -2.15. The van der Waals surface area contributed by atoms with Crippen molar-refractivity contribution in [3.8, 4) is 11.1 Å². The Morgan fingerprint density at radius 1 is 1.23 bits per heavy atom. The minimum atomic E-state index is -0.851. The third-order valence-corrected chi connectivity index (χ3v) is 4.56. The summed E-state index contributed by atoms with van der Waals surface area (Å²) in [5.74, 6) is -0.909. The maximum atomic E-state index is 11.8. The first-order valence-corrected chi connectivity index (χ1v) is 8.60. The average molecular weight is 351 g/mol. The summed E-state index contributed by atoms with van der Waals surface area (Å²) < 4.78 is 1.90. The first-order chi connectivity index (χ1) is 12.4. The first-order valence-electron chi connectivity index (χ1n) is 8.60. The molecular formula is C20H21N3O3. The standard InChI is InChI=1S/C20H21N3O3/c1-4-16-5-7-18-20(15-9-14(13(3)24)10-21-11-15)17(6-8-19(25)26)12(2)22-23(16)18/h5,7,9-11H,4,6,8H2,1-3H3,(H,25,26). The van der Waals surface area contributed by atoms with E-state index in [1.807, 2.05) is 29.6 Å². The largest absolute Gasteiger partial charge is 0.481 e. The van der Waals surface area contributed by atoms with Crippen molar-refractivity contribution in [1.29, 1.82) is 0 Å². The fourth-order valence-corrected chi connectivity index (χ4v) is 3.22. The summed E-state index contributed by atoms with van der Waals surface area (Å²) in [6.45, 7) is 5.46. The van der Waals surface area contributed by atoms with Crippen LogP contribution in [0.25, 0.3) is 16.6 Å². The lowest BCUT2D eigenvalue weighted by Crippen LogP contribution is -2.08. The van der Waals surface area contributed by atoms with E-state index in [1.54, 1.807) is 12.4 Å². The van der Waals surface area contributed by atoms with Gasteiger partial charge in [0, 0.05) is 41.2 Å². The molecule has 0 saturated carbocycles. The maximum absolute atomic E-state index is 11.8. The number of rotatable bonds is 6. The molecule has 0 bridgehead atoms. The van der Waals surface area contributed by atoms with Gasteiger partial charge in [-0.15, -0.1) is 0 Å². The highest BCUT2D eigenvalue weighted by molar-refractivity contribution is 5.96. The van der Waals surface area contributed by atoms with Gasteiger partial charge in [0.15, 0.2) is 5.78 Å². The van der Waals surface area contributed by atoms with Crippen molar-refractivity contribution in [3.63, 3.8) is 0 Å². The summed E-state index contributed by atoms with van der Waals surface area (Å²) in [7, 11) is 0. The van der Waals surface area contributed by atoms with Crippen LogP contribution in [-0.2, 0) is 17.6 Å². The molecule has 0 spiro atoms. The fourth-order valence-electron chi connectivity index (χ4n) is 3.22. The predicted octanol–water partition coefficient (Wildman–Crippen LogP) is 3.49. The van der Waals surface area contributed by atoms with Crippen molar-refractivity contribution in [3.05, 3.63) is 53.1 Å². The number of nitrogens with zero attached hydrogens (tertiary/aromatic N) is 3. The monoisotopic (exact) mass is 351 g/mol. The number of aliphatic carboxylic acids is 1. The lowest BCUT2D eigenvalue weighted by atomic mass is 9.95. The van der Waals surface area contributed by atoms with Crippen LogP contribution in [-0.4, -0.2) is 31.5 Å². The summed E-state index contributed by atoms with van der Waals surface area (Å²) in [6.07, 6.45) is 4.48. The molecule has 0 aromatic carbocycles. The van der Waals surface area contributed by atoms with Crippen molar-refractivity contribution in [2.75, 3.05) is 0 Å². The summed E-state index contributed by atoms with van der Waals surface area (Å²) in [4.78, 5) is 27.1. The molecule has 0 fully saturated rings. The molecule has 0 aliphatic heterocycles. The Balaban J connectivity index is 2.30. The van der Waals surface area contributed by atoms with Crippen molar-refractivity contribution in [2.24, 2.45) is 0 Å². The van der Waals surface area contributed by atoms with Gasteiger partial charge in [-0.2, -0.15) is 5.10 Å². The Morgan fingerprint density at radius 2 is 2.00 bits per heavy atom. The van der Waals surface area contributed by atoms with Gasteiger partial charge in [-0.25, -0.2) is 4.52 Å². The number of Topliss-reactive ketones (excluding diaryl/α,β-unsaturated/α-hetero) is 1. The Morgan fingerprint density at radius 3 is 2.65 bits per heavy atom. The van der Waals surface area contributed by atoms with E-state index in [4.69, 9.17) is 5.11 Å². The van der Waals surface area contributed by atoms with Crippen LogP contribution in [0.15, 0.2) is 30.6 Å². The van der Waals surface area contributed by atoms with E-state index in [2.05, 4.69) is 17.0 Å². The molecule has 3 heterocycles. The maximum Gasteiger partial charge on any atom is 0.303 e. The normalized spacial score (nSPS) is 11.0. The van der Waals surface area contributed by atoms with E-state index in [1.165, 1.54) is 6.92 Å². The number of fused-ring (bicyclic) bond motifs is 1. The van der Waals surface area contributed by atoms with E-state index in [0.29, 0.717) is 12.0 Å². The highest BCUT2D eigenvalue weighted by atomic mass is 16.4. The molecule has 0 radical (unpaired) electrons. The number of hydrogen-bond donors (Lipinski definition) is 1. The molecule has 26 heavy (non-hydrogen) atoms. The molecule has 3 aromatic rings. The van der Waals surface area contributed by atoms with Crippen LogP contribution >= 0.6 is 0 Å². The van der Waals surface area contributed by atoms with E-state index in [0.717, 1.165) is 40.0 Å². The van der Waals surface area contributed by atoms with Gasteiger partial charge in [0.05, 0.1) is 11.2 Å². The predicted molar refractivity (Wildman–Crippen MR) is 98.5 cm³/mol. The van der Waals surface area contributed by atoms with Gasteiger partial charge in [0.1, 0.15) is 0 Å². The van der Waals surface area contributed by atoms with Crippen LogP contribution < -0.4 is 0 Å². The van der Waals surface area contributed by atoms with Crippen molar-refractivity contribution in [1.82, 2.24) is 14.6 Å². The quantitative estimate of drug-likeness (QED) is 0.687. The minimum Gasteiger partial charge on any atom is -0.481 e. The smallest absolute Gasteiger partial charge is 0.303 e. The van der Waals surface area contributed by atoms with E-state index in [9.17, 15) is 9.59 Å². The number of aromatic nitrogens is 3. The van der Waals surface area contributed by atoms with E-state index >= 15 is 0 Å². The molecule has 6 nitrogen and oxygen atoms in total. The number of carbonyl (C=O) groups is 2. The number of carbonyl (C=O) groups excluding carboxylic acids is 1. The second-order valence-corrected chi connectivity index (χ2v) is 6.33. The van der Waals surface area contributed by atoms with E-state index in [-0.39, 0.29) is 12.2 Å². The molecule has 0 unspecified atom stereocenters. The zero-order chi connectivity index (χ0) is 18.8. The molecule has 0 saturated heterocycles. The average Bonchev–Trinajstić information content (AvgIpc) is 3.01. The first kappa shape index (κ1) is 17.8. The lowest BCUT2D eigenvalue weighted by molar-refractivity contribution is -0.136. The number of carboxylic acids is 1. The molecule has 0 atom stereocenters. The highest BCUT2D eigenvalue weighted by Gasteiger charge is 2.18. The van der Waals surface area contributed by atoms with Crippen LogP contribution in [0.4, 0.5) is 0 Å². The Kier molecular flexibility index (Phi) is 4.84. The van der Waals surface area contributed by atoms with Crippen molar-refractivity contribution in [2.45, 2.75) is 40.0 Å². The van der Waals surface area contributed by atoms with Crippen molar-refractivity contribution >= 4 is 17.3 Å². The van der Waals surface area contributed by atoms with Gasteiger partial charge in [-0.1, -0.05) is 6.92 Å². The van der Waals surface area contributed by atoms with Gasteiger partial charge in [-0.05, 0) is 50.5 Å². The topological polar surface area (TPSA) is 84.6 Å². The van der Waals surface area contributed by atoms with Gasteiger partial charge in [0.2, 0.25) is 0 Å². The number of ketones is 1. The van der Waals surface area contributed by atoms with Gasteiger partial charge in [0.25, 0.3) is 0 Å². The number of aryl methyl sites for hydroxylation is 2. The Hall–Kier alpha value is -3.02. The third-order valence-electron chi connectivity index (χ3n) is 4.56. The summed E-state index contributed by atoms with van der Waals surface area (Å²) >= 11 is 0. The molecule has 0 aliphatic carbocycles. The summed E-state index contributed by atoms with van der Waals surface area (Å²) in [5, 5.41) is 13.8. The van der Waals surface area contributed by atoms with Crippen LogP contribution in [0, 0.1) is 6.92 Å². The third kappa shape index (κ3) is 3.22. The number of pyridine rings is 1. The minimum absolute atomic E-state index is 0.0207. The van der Waals surface area contributed by atoms with Gasteiger partial charge < -0.3 is 5.11 Å². The zero-order valence-corrected chi connectivity index (χ0v) is 15.1. The van der Waals surface area contributed by atoms with E-state index < -0.39 is 5.97 Å². The molecule has 0 amide bonds. The fraction of sp³-hybridized carbons (Fsp3) is 0.300. The second-order valence-electron chi connectivity index (χ2n) is 6.33. The molecular weight excluding hydrogens is 330 g/mol. The van der Waals surface area contributed by atoms with Crippen LogP contribution in [0.2, 0.25) is 0 Å². The Labute approximate surface area is 151 Å². The molecule has 3 aromatic heterocycles. The molecule has 6 heteroatoms. The zero-order valence-electron chi connectivity index (χ0n) is 15.1. The van der Waals surface area contributed by atoms with Crippen LogP contribution in [0.5, 0.6) is 0 Å². The number of carboxylic acid groups (broad SMARTS) is 1. The summed E-state index contributed by atoms with van der Waals surface area (Å²) in [6, 6.07) is 5.83. The molecule has 3 rings (SSSR count). The van der Waals surface area contributed by atoms with Crippen LogP contribution in [0.3, 0.4) is 0 Å². The summed E-state index contributed by atoms with van der Waals surface area (Å²) in [5.41, 5.74) is 5.86. The second kappa shape index (κ2) is 7.07. The SMILES string of the molecule is CCc1ccc2c(-c3cncc(C(C)=O)c3)c(CCC(=O)O)c(C)nn12.